The van der Waals surface area contributed by atoms with Gasteiger partial charge in [0.05, 0.1) is 0 Å². The third-order valence-corrected chi connectivity index (χ3v) is 1.34. The van der Waals surface area contributed by atoms with Crippen molar-refractivity contribution in [2.75, 3.05) is 0 Å². The first kappa shape index (κ1) is 9.60. The van der Waals surface area contributed by atoms with E-state index < -0.39 is 11.5 Å². The zero-order chi connectivity index (χ0) is 6.20. The van der Waals surface area contributed by atoms with Gasteiger partial charge in [-0.05, 0) is 0 Å². The first-order valence-electron chi connectivity index (χ1n) is 2.33. The van der Waals surface area contributed by atoms with Gasteiger partial charge < -0.3 is 5.11 Å². The Hall–Kier alpha value is 0.596. The molecule has 1 saturated carbocycles. The number of nitrogens with zero attached hydrogens (tertiary/aromatic N) is 1. The van der Waals surface area contributed by atoms with Crippen LogP contribution in [0.3, 0.4) is 0 Å². The van der Waals surface area contributed by atoms with E-state index in [2.05, 4.69) is 4.85 Å². The Bertz CT molecular complexity index is 168. The van der Waals surface area contributed by atoms with E-state index in [-0.39, 0.29) is 51.4 Å². The van der Waals surface area contributed by atoms with Crippen LogP contribution >= 0.6 is 0 Å². The van der Waals surface area contributed by atoms with E-state index >= 15 is 0 Å². The number of carboxylic acid groups (broad SMARTS) is 1. The molecule has 43 valence electrons. The molecule has 0 saturated heterocycles. The molecule has 0 unspecified atom stereocenters. The van der Waals surface area contributed by atoms with Crippen molar-refractivity contribution >= 4 is 57.4 Å². The summed E-state index contributed by atoms with van der Waals surface area (Å²) in [5.74, 6) is -0.965. The number of carboxylic acids is 1. The molecule has 0 aromatic heterocycles. The van der Waals surface area contributed by atoms with Gasteiger partial charge in [0.1, 0.15) is 0 Å². The fraction of sp³-hybridized carbons (Fsp3) is 0.600. The molecule has 1 aliphatic rings. The number of rotatable bonds is 1. The number of carbonyl (C=O) groups is 1. The van der Waals surface area contributed by atoms with Crippen molar-refractivity contribution in [2.45, 2.75) is 18.4 Å². The summed E-state index contributed by atoms with van der Waals surface area (Å²) in [6.45, 7) is 6.44. The summed E-state index contributed by atoms with van der Waals surface area (Å²) in [5.41, 5.74) is -1.00. The van der Waals surface area contributed by atoms with Crippen LogP contribution in [0.4, 0.5) is 0 Å². The summed E-state index contributed by atoms with van der Waals surface area (Å²) < 4.78 is 0. The van der Waals surface area contributed by atoms with Gasteiger partial charge in [-0.1, -0.05) is 0 Å². The topological polar surface area (TPSA) is 41.7 Å². The molecular formula is C5H5KNO2. The molecule has 0 aromatic rings. The maximum Gasteiger partial charge on any atom is 0.390 e. The van der Waals surface area contributed by atoms with Gasteiger partial charge in [0.2, 0.25) is 0 Å². The largest absolute Gasteiger partial charge is 0.475 e. The minimum atomic E-state index is -1.00. The monoisotopic (exact) mass is 150 g/mol. The van der Waals surface area contributed by atoms with E-state index in [1.54, 1.807) is 0 Å². The Morgan fingerprint density at radius 3 is 2.11 bits per heavy atom. The molecule has 9 heavy (non-hydrogen) atoms. The van der Waals surface area contributed by atoms with Crippen molar-refractivity contribution in [3.8, 4) is 0 Å². The molecule has 0 bridgehead atoms. The fourth-order valence-corrected chi connectivity index (χ4v) is 0.492. The summed E-state index contributed by atoms with van der Waals surface area (Å²) in [4.78, 5) is 13.1. The van der Waals surface area contributed by atoms with Gasteiger partial charge in [-0.15, -0.1) is 0 Å². The normalized spacial score (nSPS) is 19.0. The summed E-state index contributed by atoms with van der Waals surface area (Å²) >= 11 is 0. The molecule has 0 spiro atoms. The molecule has 3 nitrogen and oxygen atoms in total. The van der Waals surface area contributed by atoms with Crippen molar-refractivity contribution in [3.05, 3.63) is 11.4 Å². The van der Waals surface area contributed by atoms with E-state index in [9.17, 15) is 4.79 Å². The van der Waals surface area contributed by atoms with Gasteiger partial charge in [0.25, 0.3) is 0 Å². The van der Waals surface area contributed by atoms with E-state index in [0.717, 1.165) is 0 Å². The van der Waals surface area contributed by atoms with Crippen LogP contribution in [0.15, 0.2) is 0 Å². The summed E-state index contributed by atoms with van der Waals surface area (Å²) in [5, 5.41) is 8.29. The van der Waals surface area contributed by atoms with Gasteiger partial charge in [-0.2, -0.15) is 0 Å². The SMILES string of the molecule is [C-]#[N+]C1(C(=O)O)CC1.[K]. The van der Waals surface area contributed by atoms with E-state index in [1.165, 1.54) is 0 Å². The second-order valence-corrected chi connectivity index (χ2v) is 1.95. The Balaban J connectivity index is 0.000000640. The Labute approximate surface area is 95.7 Å². The van der Waals surface area contributed by atoms with Crippen LogP contribution in [0.25, 0.3) is 4.85 Å². The van der Waals surface area contributed by atoms with Crippen LogP contribution in [-0.4, -0.2) is 68.0 Å². The molecule has 4 heteroatoms. The average Bonchev–Trinajstić information content (AvgIpc) is 2.44. The summed E-state index contributed by atoms with van der Waals surface area (Å²) in [7, 11) is 0. The van der Waals surface area contributed by atoms with Crippen LogP contribution in [0, 0.1) is 6.57 Å². The van der Waals surface area contributed by atoms with Gasteiger partial charge in [0.15, 0.2) is 0 Å². The molecule has 0 atom stereocenters. The van der Waals surface area contributed by atoms with Crippen molar-refractivity contribution < 1.29 is 9.90 Å². The van der Waals surface area contributed by atoms with Gasteiger partial charge in [-0.25, -0.2) is 11.4 Å². The van der Waals surface area contributed by atoms with E-state index in [1.807, 2.05) is 0 Å². The molecule has 1 fully saturated rings. The molecule has 1 radical (unpaired) electrons. The van der Waals surface area contributed by atoms with Crippen molar-refractivity contribution in [1.82, 2.24) is 0 Å². The molecule has 1 aliphatic carbocycles. The van der Waals surface area contributed by atoms with Crippen LogP contribution in [0.1, 0.15) is 12.8 Å². The maximum absolute atomic E-state index is 10.1. The van der Waals surface area contributed by atoms with E-state index in [4.69, 9.17) is 11.7 Å². The zero-order valence-corrected chi connectivity index (χ0v) is 8.34. The predicted octanol–water partition coefficient (Wildman–Crippen LogP) is 0.142. The smallest absolute Gasteiger partial charge is 0.390 e. The quantitative estimate of drug-likeness (QED) is 0.427. The minimum Gasteiger partial charge on any atom is -0.475 e. The Morgan fingerprint density at radius 2 is 2.11 bits per heavy atom. The van der Waals surface area contributed by atoms with Gasteiger partial charge >= 0.3 is 11.5 Å². The molecule has 1 rings (SSSR count). The number of hydrogen-bond acceptors (Lipinski definition) is 1. The third kappa shape index (κ3) is 1.76. The van der Waals surface area contributed by atoms with Gasteiger partial charge in [-0.3, -0.25) is 4.85 Å². The van der Waals surface area contributed by atoms with Crippen molar-refractivity contribution in [1.29, 1.82) is 0 Å². The number of hydrogen-bond donors (Lipinski definition) is 1. The van der Waals surface area contributed by atoms with Gasteiger partial charge in [0, 0.05) is 64.2 Å². The average molecular weight is 150 g/mol. The molecular weight excluding hydrogens is 145 g/mol. The van der Waals surface area contributed by atoms with E-state index in [0.29, 0.717) is 12.8 Å². The molecule has 0 aliphatic heterocycles. The van der Waals surface area contributed by atoms with Crippen LogP contribution in [0.2, 0.25) is 0 Å². The van der Waals surface area contributed by atoms with Crippen LogP contribution < -0.4 is 0 Å². The van der Waals surface area contributed by atoms with Crippen molar-refractivity contribution in [2.24, 2.45) is 0 Å². The summed E-state index contributed by atoms with van der Waals surface area (Å²) in [6, 6.07) is 0. The third-order valence-electron chi connectivity index (χ3n) is 1.34. The Kier molecular flexibility index (Phi) is 3.33. The number of aliphatic carboxylic acids is 1. The fourth-order valence-electron chi connectivity index (χ4n) is 0.492. The summed E-state index contributed by atoms with van der Waals surface area (Å²) in [6.07, 6.45) is 1.07. The second kappa shape index (κ2) is 3.13. The van der Waals surface area contributed by atoms with Crippen LogP contribution in [-0.2, 0) is 4.79 Å². The zero-order valence-electron chi connectivity index (χ0n) is 5.22. The standard InChI is InChI=1S/C5H5NO2.K/c1-6-5(2-3-5)4(7)8;/h2-3H2,(H,7,8);. The Morgan fingerprint density at radius 1 is 1.67 bits per heavy atom. The second-order valence-electron chi connectivity index (χ2n) is 1.95. The van der Waals surface area contributed by atoms with Crippen molar-refractivity contribution in [3.63, 3.8) is 0 Å². The molecule has 1 N–H and O–H groups in total. The minimum absolute atomic E-state index is 0. The molecule has 0 aromatic carbocycles. The first-order chi connectivity index (χ1) is 3.71. The predicted molar refractivity (Wildman–Crippen MR) is 32.0 cm³/mol. The molecule has 0 amide bonds. The first-order valence-corrected chi connectivity index (χ1v) is 2.33. The molecule has 0 heterocycles. The van der Waals surface area contributed by atoms with Crippen LogP contribution in [0.5, 0.6) is 0 Å². The maximum atomic E-state index is 10.1.